The summed E-state index contributed by atoms with van der Waals surface area (Å²) in [5.41, 5.74) is 1.53. The Hall–Kier alpha value is -1.04. The van der Waals surface area contributed by atoms with Gasteiger partial charge >= 0.3 is 0 Å². The molecule has 2 rings (SSSR count). The molecule has 0 spiro atoms. The molecule has 0 nitrogen and oxygen atoms in total. The van der Waals surface area contributed by atoms with Crippen LogP contribution >= 0.6 is 0 Å². The molecule has 0 radical (unpaired) electrons. The number of hydrogen-bond acceptors (Lipinski definition) is 0. The maximum absolute atomic E-state index is 2.33. The van der Waals surface area contributed by atoms with Gasteiger partial charge in [-0.3, -0.25) is 0 Å². The number of allylic oxidation sites excluding steroid dienone is 8. The summed E-state index contributed by atoms with van der Waals surface area (Å²) >= 11 is 0. The van der Waals surface area contributed by atoms with Crippen molar-refractivity contribution in [3.8, 4) is 0 Å². The van der Waals surface area contributed by atoms with Crippen LogP contribution in [0.15, 0.2) is 48.1 Å². The molecular weight excluding hydrogens is 156 g/mol. The molecule has 13 heavy (non-hydrogen) atoms. The first-order valence-corrected chi connectivity index (χ1v) is 5.16. The summed E-state index contributed by atoms with van der Waals surface area (Å²) in [6.07, 6.45) is 20.8. The predicted molar refractivity (Wildman–Crippen MR) is 57.5 cm³/mol. The van der Waals surface area contributed by atoms with Gasteiger partial charge in [-0.2, -0.15) is 0 Å². The average Bonchev–Trinajstić information content (AvgIpc) is 2.75. The van der Waals surface area contributed by atoms with Crippen LogP contribution in [0, 0.1) is 5.92 Å². The Morgan fingerprint density at radius 2 is 2.08 bits per heavy atom. The third-order valence-corrected chi connectivity index (χ3v) is 2.68. The van der Waals surface area contributed by atoms with E-state index >= 15 is 0 Å². The van der Waals surface area contributed by atoms with Crippen LogP contribution < -0.4 is 0 Å². The van der Waals surface area contributed by atoms with Crippen molar-refractivity contribution in [2.75, 3.05) is 0 Å². The van der Waals surface area contributed by atoms with Crippen molar-refractivity contribution in [1.29, 1.82) is 0 Å². The summed E-state index contributed by atoms with van der Waals surface area (Å²) < 4.78 is 0. The lowest BCUT2D eigenvalue weighted by Gasteiger charge is -2.04. The smallest absolute Gasteiger partial charge is 0.00472 e. The lowest BCUT2D eigenvalue weighted by molar-refractivity contribution is 0.660. The van der Waals surface area contributed by atoms with Crippen LogP contribution in [0.5, 0.6) is 0 Å². The molecule has 0 bridgehead atoms. The van der Waals surface area contributed by atoms with Gasteiger partial charge in [-0.1, -0.05) is 48.1 Å². The zero-order chi connectivity index (χ0) is 8.93. The molecular formula is C13H16. The number of rotatable bonds is 4. The molecule has 0 saturated heterocycles. The normalized spacial score (nSPS) is 20.2. The van der Waals surface area contributed by atoms with Crippen molar-refractivity contribution < 1.29 is 0 Å². The summed E-state index contributed by atoms with van der Waals surface area (Å²) in [5.74, 6) is 0.714. The largest absolute Gasteiger partial charge is 0.0805 e. The Morgan fingerprint density at radius 1 is 1.23 bits per heavy atom. The molecule has 0 aromatic heterocycles. The summed E-state index contributed by atoms with van der Waals surface area (Å²) in [5, 5.41) is 0. The van der Waals surface area contributed by atoms with Gasteiger partial charge in [0, 0.05) is 0 Å². The van der Waals surface area contributed by atoms with Crippen LogP contribution in [0.2, 0.25) is 0 Å². The topological polar surface area (TPSA) is 0 Å². The lowest BCUT2D eigenvalue weighted by atomic mass is 10.0. The molecule has 0 aromatic carbocycles. The second kappa shape index (κ2) is 4.27. The van der Waals surface area contributed by atoms with Gasteiger partial charge in [-0.15, -0.1) is 0 Å². The quantitative estimate of drug-likeness (QED) is 0.605. The molecule has 0 N–H and O–H groups in total. The fraction of sp³-hybridized carbons (Fsp3) is 0.385. The summed E-state index contributed by atoms with van der Waals surface area (Å²) in [4.78, 5) is 0. The van der Waals surface area contributed by atoms with E-state index in [2.05, 4.69) is 42.5 Å². The predicted octanol–water partition coefficient (Wildman–Crippen LogP) is 3.79. The van der Waals surface area contributed by atoms with Crippen molar-refractivity contribution >= 4 is 0 Å². The third kappa shape index (κ3) is 2.45. The van der Waals surface area contributed by atoms with Crippen molar-refractivity contribution in [3.05, 3.63) is 48.1 Å². The fourth-order valence-electron chi connectivity index (χ4n) is 1.90. The molecule has 0 saturated carbocycles. The van der Waals surface area contributed by atoms with E-state index in [0.29, 0.717) is 5.92 Å². The van der Waals surface area contributed by atoms with Gasteiger partial charge < -0.3 is 0 Å². The highest BCUT2D eigenvalue weighted by atomic mass is 14.1. The lowest BCUT2D eigenvalue weighted by Crippen LogP contribution is -1.89. The maximum Gasteiger partial charge on any atom is -0.00472 e. The highest BCUT2D eigenvalue weighted by molar-refractivity contribution is 5.25. The van der Waals surface area contributed by atoms with E-state index in [1.54, 1.807) is 0 Å². The van der Waals surface area contributed by atoms with Gasteiger partial charge in [0.2, 0.25) is 0 Å². The molecule has 0 aromatic rings. The van der Waals surface area contributed by atoms with Crippen LogP contribution in [0.25, 0.3) is 0 Å². The van der Waals surface area contributed by atoms with Crippen LogP contribution in [-0.2, 0) is 0 Å². The molecule has 0 amide bonds. The van der Waals surface area contributed by atoms with Crippen molar-refractivity contribution in [2.24, 2.45) is 5.92 Å². The second-order valence-corrected chi connectivity index (χ2v) is 3.74. The minimum atomic E-state index is 0.714. The van der Waals surface area contributed by atoms with Crippen LogP contribution in [-0.4, -0.2) is 0 Å². The van der Waals surface area contributed by atoms with E-state index in [0.717, 1.165) is 6.42 Å². The zero-order valence-electron chi connectivity index (χ0n) is 7.95. The van der Waals surface area contributed by atoms with E-state index in [1.165, 1.54) is 24.8 Å². The van der Waals surface area contributed by atoms with Gasteiger partial charge in [0.15, 0.2) is 0 Å². The summed E-state index contributed by atoms with van der Waals surface area (Å²) in [6, 6.07) is 0. The Kier molecular flexibility index (Phi) is 2.81. The van der Waals surface area contributed by atoms with Crippen LogP contribution in [0.4, 0.5) is 0 Å². The SMILES string of the molecule is C1=CC(CCCC2=CCC=C2)C=C1. The monoisotopic (exact) mass is 172 g/mol. The molecule has 0 heterocycles. The Morgan fingerprint density at radius 3 is 2.77 bits per heavy atom. The van der Waals surface area contributed by atoms with E-state index in [1.807, 2.05) is 0 Å². The van der Waals surface area contributed by atoms with Crippen molar-refractivity contribution in [2.45, 2.75) is 25.7 Å². The van der Waals surface area contributed by atoms with Crippen LogP contribution in [0.3, 0.4) is 0 Å². The van der Waals surface area contributed by atoms with Crippen molar-refractivity contribution in [3.63, 3.8) is 0 Å². The number of hydrogen-bond donors (Lipinski definition) is 0. The minimum Gasteiger partial charge on any atom is -0.0805 e. The maximum atomic E-state index is 2.33. The highest BCUT2D eigenvalue weighted by Crippen LogP contribution is 2.20. The van der Waals surface area contributed by atoms with E-state index < -0.39 is 0 Å². The molecule has 0 heteroatoms. The van der Waals surface area contributed by atoms with Gasteiger partial charge in [0.1, 0.15) is 0 Å². The van der Waals surface area contributed by atoms with E-state index in [9.17, 15) is 0 Å². The Labute approximate surface area is 80.3 Å². The molecule has 2 aliphatic carbocycles. The van der Waals surface area contributed by atoms with Gasteiger partial charge in [-0.25, -0.2) is 0 Å². The molecule has 68 valence electrons. The molecule has 2 aliphatic rings. The first-order chi connectivity index (χ1) is 6.45. The third-order valence-electron chi connectivity index (χ3n) is 2.68. The van der Waals surface area contributed by atoms with Gasteiger partial charge in [-0.05, 0) is 31.6 Å². The van der Waals surface area contributed by atoms with Crippen molar-refractivity contribution in [1.82, 2.24) is 0 Å². The molecule has 0 fully saturated rings. The van der Waals surface area contributed by atoms with Gasteiger partial charge in [0.25, 0.3) is 0 Å². The standard InChI is InChI=1S/C13H16/c1-2-7-12(6-1)10-5-11-13-8-3-4-9-13/h1-3,6-9,12H,4-5,10-11H2. The average molecular weight is 172 g/mol. The molecule has 0 aliphatic heterocycles. The van der Waals surface area contributed by atoms with E-state index in [4.69, 9.17) is 0 Å². The molecule has 0 unspecified atom stereocenters. The first kappa shape index (κ1) is 8.55. The summed E-state index contributed by atoms with van der Waals surface area (Å²) in [6.45, 7) is 0. The van der Waals surface area contributed by atoms with E-state index in [-0.39, 0.29) is 0 Å². The molecule has 0 atom stereocenters. The summed E-state index contributed by atoms with van der Waals surface area (Å²) in [7, 11) is 0. The second-order valence-electron chi connectivity index (χ2n) is 3.74. The minimum absolute atomic E-state index is 0.714. The highest BCUT2D eigenvalue weighted by Gasteiger charge is 2.04. The Bertz CT molecular complexity index is 264. The zero-order valence-corrected chi connectivity index (χ0v) is 7.95. The first-order valence-electron chi connectivity index (χ1n) is 5.16. The fourth-order valence-corrected chi connectivity index (χ4v) is 1.90. The Balaban J connectivity index is 1.66. The van der Waals surface area contributed by atoms with Crippen LogP contribution in [0.1, 0.15) is 25.7 Å². The van der Waals surface area contributed by atoms with Gasteiger partial charge in [0.05, 0.1) is 0 Å².